The number of aromatic nitrogens is 3. The zero-order chi connectivity index (χ0) is 20.5. The minimum Gasteiger partial charge on any atom is -0.493 e. The monoisotopic (exact) mass is 398 g/mol. The van der Waals surface area contributed by atoms with E-state index in [9.17, 15) is 4.79 Å². The van der Waals surface area contributed by atoms with Crippen molar-refractivity contribution in [3.8, 4) is 11.5 Å². The summed E-state index contributed by atoms with van der Waals surface area (Å²) in [5, 5.41) is 4.33. The minimum absolute atomic E-state index is 0.0263. The van der Waals surface area contributed by atoms with Crippen LogP contribution in [0.4, 0.5) is 5.82 Å². The highest BCUT2D eigenvalue weighted by Crippen LogP contribution is 2.40. The molecule has 152 valence electrons. The summed E-state index contributed by atoms with van der Waals surface area (Å²) in [4.78, 5) is 23.0. The number of ether oxygens (including phenoxy) is 3. The van der Waals surface area contributed by atoms with Gasteiger partial charge in [0, 0.05) is 6.54 Å². The Labute approximate surface area is 167 Å². The number of nitrogens with zero attached hydrogens (tertiary/aromatic N) is 4. The molecule has 4 rings (SSSR count). The van der Waals surface area contributed by atoms with Crippen LogP contribution in [0.25, 0.3) is 11.1 Å². The summed E-state index contributed by atoms with van der Waals surface area (Å²) in [5.74, 6) is 1.41. The number of anilines is 1. The molecule has 1 atom stereocenters. The fraction of sp³-hybridized carbons (Fsp3) is 0.400. The zero-order valence-electron chi connectivity index (χ0n) is 16.8. The number of benzene rings is 1. The maximum atomic E-state index is 12.3. The largest absolute Gasteiger partial charge is 0.493 e. The van der Waals surface area contributed by atoms with Gasteiger partial charge in [-0.3, -0.25) is 0 Å². The van der Waals surface area contributed by atoms with Gasteiger partial charge in [-0.2, -0.15) is 4.98 Å². The zero-order valence-corrected chi connectivity index (χ0v) is 16.8. The van der Waals surface area contributed by atoms with Crippen LogP contribution >= 0.6 is 0 Å². The lowest BCUT2D eigenvalue weighted by Crippen LogP contribution is -2.35. The van der Waals surface area contributed by atoms with Gasteiger partial charge in [0.1, 0.15) is 17.5 Å². The number of carbonyl (C=O) groups is 1. The Hall–Kier alpha value is -3.36. The molecule has 0 saturated heterocycles. The Balaban J connectivity index is 1.80. The van der Waals surface area contributed by atoms with Gasteiger partial charge in [-0.05, 0) is 43.5 Å². The van der Waals surface area contributed by atoms with E-state index in [1.165, 1.54) is 11.9 Å². The average Bonchev–Trinajstić information content (AvgIpc) is 3.18. The Morgan fingerprint density at radius 3 is 2.72 bits per heavy atom. The molecule has 1 aromatic carbocycles. The van der Waals surface area contributed by atoms with Crippen LogP contribution in [-0.4, -0.2) is 48.5 Å². The maximum absolute atomic E-state index is 12.3. The minimum atomic E-state index is -0.557. The number of carbonyl (C=O) groups excluding carboxylic acids is 1. The highest BCUT2D eigenvalue weighted by molar-refractivity contribution is 6.04. The summed E-state index contributed by atoms with van der Waals surface area (Å²) >= 11 is 0. The van der Waals surface area contributed by atoms with E-state index in [0.29, 0.717) is 29.2 Å². The molecule has 0 unspecified atom stereocenters. The summed E-state index contributed by atoms with van der Waals surface area (Å²) in [5.41, 5.74) is 2.63. The van der Waals surface area contributed by atoms with Gasteiger partial charge in [0.25, 0.3) is 5.71 Å². The second kappa shape index (κ2) is 7.57. The summed E-state index contributed by atoms with van der Waals surface area (Å²) in [7, 11) is 3.25. The van der Waals surface area contributed by atoms with E-state index in [1.54, 1.807) is 21.1 Å². The van der Waals surface area contributed by atoms with Crippen LogP contribution in [0, 0.1) is 0 Å². The van der Waals surface area contributed by atoms with E-state index in [0.717, 1.165) is 12.0 Å². The quantitative estimate of drug-likeness (QED) is 0.601. The number of hydrogen-bond donors (Lipinski definition) is 0. The lowest BCUT2D eigenvalue weighted by molar-refractivity contribution is 0.0517. The predicted molar refractivity (Wildman–Crippen MR) is 105 cm³/mol. The Kier molecular flexibility index (Phi) is 4.96. The fourth-order valence-corrected chi connectivity index (χ4v) is 3.76. The second-order valence-corrected chi connectivity index (χ2v) is 6.65. The molecule has 9 heteroatoms. The van der Waals surface area contributed by atoms with Crippen LogP contribution in [0.5, 0.6) is 11.5 Å². The molecule has 3 aromatic rings. The van der Waals surface area contributed by atoms with Crippen molar-refractivity contribution in [2.45, 2.75) is 26.3 Å². The molecule has 0 amide bonds. The lowest BCUT2D eigenvalue weighted by Gasteiger charge is -2.36. The first-order valence-corrected chi connectivity index (χ1v) is 9.38. The number of methoxy groups -OCH3 is 2. The molecule has 0 aliphatic carbocycles. The number of rotatable bonds is 5. The van der Waals surface area contributed by atoms with Gasteiger partial charge < -0.3 is 23.6 Å². The van der Waals surface area contributed by atoms with Gasteiger partial charge in [-0.15, -0.1) is 0 Å². The third kappa shape index (κ3) is 3.12. The molecule has 2 aromatic heterocycles. The normalized spacial score (nSPS) is 15.9. The van der Waals surface area contributed by atoms with E-state index >= 15 is 0 Å². The summed E-state index contributed by atoms with van der Waals surface area (Å²) in [6.07, 6.45) is 2.19. The third-order valence-corrected chi connectivity index (χ3v) is 5.18. The van der Waals surface area contributed by atoms with Crippen LogP contribution < -0.4 is 14.4 Å². The van der Waals surface area contributed by atoms with Crippen molar-refractivity contribution >= 4 is 22.9 Å². The van der Waals surface area contributed by atoms with Crippen LogP contribution in [0.2, 0.25) is 0 Å². The van der Waals surface area contributed by atoms with E-state index in [4.69, 9.17) is 18.7 Å². The standard InChI is InChI=1S/C20H22N4O5/c1-5-28-20(25)17-16-18(21-10-22-19(16)29-23-17)24-7-6-12-8-14(26-3)15(27-4)9-13(12)11(24)2/h8-11H,5-7H2,1-4H3/t11-/m1/s1. The van der Waals surface area contributed by atoms with Gasteiger partial charge in [0.2, 0.25) is 5.69 Å². The summed E-state index contributed by atoms with van der Waals surface area (Å²) < 4.78 is 21.3. The van der Waals surface area contributed by atoms with Crippen LogP contribution in [0.1, 0.15) is 41.5 Å². The van der Waals surface area contributed by atoms with Crippen molar-refractivity contribution in [3.63, 3.8) is 0 Å². The average molecular weight is 398 g/mol. The van der Waals surface area contributed by atoms with Crippen LogP contribution in [0.15, 0.2) is 23.0 Å². The molecule has 0 radical (unpaired) electrons. The SMILES string of the molecule is CCOC(=O)c1noc2ncnc(N3CCc4cc(OC)c(OC)cc4[C@H]3C)c12. The van der Waals surface area contributed by atoms with Crippen molar-refractivity contribution < 1.29 is 23.5 Å². The van der Waals surface area contributed by atoms with Gasteiger partial charge in [0.05, 0.1) is 26.9 Å². The van der Waals surface area contributed by atoms with Crippen molar-refractivity contribution in [3.05, 3.63) is 35.3 Å². The molecule has 0 fully saturated rings. The molecule has 1 aliphatic rings. The first-order chi connectivity index (χ1) is 14.1. The van der Waals surface area contributed by atoms with Crippen LogP contribution in [0.3, 0.4) is 0 Å². The number of esters is 1. The molecular weight excluding hydrogens is 376 g/mol. The molecular formula is C20H22N4O5. The van der Waals surface area contributed by atoms with Gasteiger partial charge in [0.15, 0.2) is 11.5 Å². The van der Waals surface area contributed by atoms with Crippen molar-refractivity contribution in [1.82, 2.24) is 15.1 Å². The number of fused-ring (bicyclic) bond motifs is 2. The number of hydrogen-bond acceptors (Lipinski definition) is 9. The molecule has 29 heavy (non-hydrogen) atoms. The van der Waals surface area contributed by atoms with Crippen LogP contribution in [-0.2, 0) is 11.2 Å². The molecule has 0 saturated carbocycles. The van der Waals surface area contributed by atoms with Gasteiger partial charge in [-0.1, -0.05) is 5.16 Å². The highest BCUT2D eigenvalue weighted by atomic mass is 16.5. The van der Waals surface area contributed by atoms with Crippen molar-refractivity contribution in [1.29, 1.82) is 0 Å². The Morgan fingerprint density at radius 2 is 2.00 bits per heavy atom. The molecule has 0 bridgehead atoms. The second-order valence-electron chi connectivity index (χ2n) is 6.65. The van der Waals surface area contributed by atoms with E-state index in [1.807, 2.05) is 12.1 Å². The highest BCUT2D eigenvalue weighted by Gasteiger charge is 2.31. The van der Waals surface area contributed by atoms with Crippen molar-refractivity contribution in [2.24, 2.45) is 0 Å². The molecule has 1 aliphatic heterocycles. The molecule has 3 heterocycles. The topological polar surface area (TPSA) is 99.8 Å². The van der Waals surface area contributed by atoms with E-state index < -0.39 is 5.97 Å². The predicted octanol–water partition coefficient (Wildman–Crippen LogP) is 2.94. The maximum Gasteiger partial charge on any atom is 0.361 e. The Morgan fingerprint density at radius 1 is 1.24 bits per heavy atom. The summed E-state index contributed by atoms with van der Waals surface area (Å²) in [6.45, 7) is 4.76. The first-order valence-electron chi connectivity index (χ1n) is 9.38. The molecule has 0 spiro atoms. The van der Waals surface area contributed by atoms with Crippen molar-refractivity contribution in [2.75, 3.05) is 32.3 Å². The van der Waals surface area contributed by atoms with Gasteiger partial charge in [-0.25, -0.2) is 9.78 Å². The van der Waals surface area contributed by atoms with Gasteiger partial charge >= 0.3 is 5.97 Å². The Bertz CT molecular complexity index is 1060. The lowest BCUT2D eigenvalue weighted by atomic mass is 9.92. The molecule has 0 N–H and O–H groups in total. The fourth-order valence-electron chi connectivity index (χ4n) is 3.76. The van der Waals surface area contributed by atoms with E-state index in [2.05, 4.69) is 26.9 Å². The first kappa shape index (κ1) is 19.0. The third-order valence-electron chi connectivity index (χ3n) is 5.18. The smallest absolute Gasteiger partial charge is 0.361 e. The molecule has 9 nitrogen and oxygen atoms in total. The summed E-state index contributed by atoms with van der Waals surface area (Å²) in [6, 6.07) is 3.98. The van der Waals surface area contributed by atoms with E-state index in [-0.39, 0.29) is 24.1 Å².